The lowest BCUT2D eigenvalue weighted by Gasteiger charge is -2.05. The second-order valence-electron chi connectivity index (χ2n) is 4.43. The zero-order chi connectivity index (χ0) is 17.9. The summed E-state index contributed by atoms with van der Waals surface area (Å²) in [5.74, 6) is -0.196. The minimum absolute atomic E-state index is 0.0206. The van der Waals surface area contributed by atoms with E-state index in [1.54, 1.807) is 6.92 Å². The van der Waals surface area contributed by atoms with Crippen LogP contribution in [0, 0.1) is 34.0 Å². The van der Waals surface area contributed by atoms with Crippen molar-refractivity contribution in [2.75, 3.05) is 0 Å². The van der Waals surface area contributed by atoms with Crippen LogP contribution in [0.4, 0.5) is 5.69 Å². The molecule has 7 nitrogen and oxygen atoms in total. The maximum absolute atomic E-state index is 9.56. The first-order valence-corrected chi connectivity index (χ1v) is 7.30. The Morgan fingerprint density at radius 3 is 2.33 bits per heavy atom. The Bertz CT molecular complexity index is 949. The van der Waals surface area contributed by atoms with Gasteiger partial charge in [0.15, 0.2) is 28.7 Å². The number of benzene rings is 1. The minimum Gasteiger partial charge on any atom is -0.505 e. The second kappa shape index (κ2) is 7.02. The monoisotopic (exact) mass is 358 g/mol. The first kappa shape index (κ1) is 17.3. The van der Waals surface area contributed by atoms with Crippen LogP contribution in [0.25, 0.3) is 0 Å². The molecule has 0 fully saturated rings. The van der Waals surface area contributed by atoms with E-state index >= 15 is 0 Å². The highest BCUT2D eigenvalue weighted by Crippen LogP contribution is 2.35. The molecule has 0 aliphatic rings. The maximum atomic E-state index is 9.56. The van der Waals surface area contributed by atoms with Crippen molar-refractivity contribution in [2.45, 2.75) is 13.5 Å². The van der Waals surface area contributed by atoms with Gasteiger partial charge < -0.3 is 9.67 Å². The van der Waals surface area contributed by atoms with Crippen molar-refractivity contribution in [3.8, 4) is 24.0 Å². The molecule has 24 heavy (non-hydrogen) atoms. The van der Waals surface area contributed by atoms with Crippen molar-refractivity contribution >= 4 is 34.6 Å². The highest BCUT2D eigenvalue weighted by atomic mass is 35.5. The Kier molecular flexibility index (Phi) is 5.06. The fourth-order valence-electron chi connectivity index (χ4n) is 2.00. The van der Waals surface area contributed by atoms with Gasteiger partial charge in [0, 0.05) is 6.54 Å². The van der Waals surface area contributed by atoms with Crippen molar-refractivity contribution < 1.29 is 5.11 Å². The standard InChI is InChI=1S/C15H8Cl2N6O/c1-2-23-13(7-20)11(5-18)22-15(23)12(6-19)21-8-3-9(16)14(24)10(17)4-8/h3-4,24H,2H2,1H3. The van der Waals surface area contributed by atoms with E-state index in [1.165, 1.54) is 16.7 Å². The lowest BCUT2D eigenvalue weighted by atomic mass is 10.3. The molecule has 0 unspecified atom stereocenters. The largest absolute Gasteiger partial charge is 0.505 e. The summed E-state index contributed by atoms with van der Waals surface area (Å²) in [7, 11) is 0. The summed E-state index contributed by atoms with van der Waals surface area (Å²) in [6, 6.07) is 8.25. The molecule has 1 heterocycles. The molecule has 0 saturated heterocycles. The number of phenolic OH excluding ortho intramolecular Hbond substituents is 1. The molecule has 0 spiro atoms. The van der Waals surface area contributed by atoms with Gasteiger partial charge in [-0.05, 0) is 19.1 Å². The van der Waals surface area contributed by atoms with E-state index < -0.39 is 0 Å². The van der Waals surface area contributed by atoms with Gasteiger partial charge >= 0.3 is 0 Å². The van der Waals surface area contributed by atoms with Gasteiger partial charge in [-0.1, -0.05) is 23.2 Å². The number of halogens is 2. The zero-order valence-electron chi connectivity index (χ0n) is 12.2. The molecular weight excluding hydrogens is 351 g/mol. The molecule has 0 amide bonds. The van der Waals surface area contributed by atoms with Crippen LogP contribution in [0.15, 0.2) is 17.1 Å². The number of hydrogen-bond acceptors (Lipinski definition) is 6. The van der Waals surface area contributed by atoms with Crippen LogP contribution in [0.3, 0.4) is 0 Å². The molecule has 2 aromatic rings. The highest BCUT2D eigenvalue weighted by molar-refractivity contribution is 6.37. The highest BCUT2D eigenvalue weighted by Gasteiger charge is 2.20. The van der Waals surface area contributed by atoms with E-state index in [0.717, 1.165) is 0 Å². The third-order valence-corrected chi connectivity index (χ3v) is 3.63. The fourth-order valence-corrected chi connectivity index (χ4v) is 2.48. The van der Waals surface area contributed by atoms with Gasteiger partial charge in [0.25, 0.3) is 0 Å². The summed E-state index contributed by atoms with van der Waals surface area (Å²) in [6.07, 6.45) is 0. The SMILES string of the molecule is CCn1c(C(C#N)=Nc2cc(Cl)c(O)c(Cl)c2)nc(C#N)c1C#N. The van der Waals surface area contributed by atoms with Gasteiger partial charge in [-0.2, -0.15) is 15.8 Å². The number of nitrogens with zero attached hydrogens (tertiary/aromatic N) is 6. The van der Waals surface area contributed by atoms with Crippen LogP contribution >= 0.6 is 23.2 Å². The normalized spacial score (nSPS) is 10.8. The average Bonchev–Trinajstić information content (AvgIpc) is 2.94. The van der Waals surface area contributed by atoms with Gasteiger partial charge in [0.2, 0.25) is 0 Å². The third-order valence-electron chi connectivity index (χ3n) is 3.06. The average molecular weight is 359 g/mol. The summed E-state index contributed by atoms with van der Waals surface area (Å²) in [5.41, 5.74) is 0.0773. The van der Waals surface area contributed by atoms with Crippen molar-refractivity contribution in [2.24, 2.45) is 4.99 Å². The molecule has 0 saturated carbocycles. The summed E-state index contributed by atoms with van der Waals surface area (Å²) >= 11 is 11.7. The zero-order valence-corrected chi connectivity index (χ0v) is 13.8. The van der Waals surface area contributed by atoms with Gasteiger partial charge in [0.1, 0.15) is 18.2 Å². The van der Waals surface area contributed by atoms with E-state index in [-0.39, 0.29) is 44.4 Å². The lowest BCUT2D eigenvalue weighted by molar-refractivity contribution is 0.476. The summed E-state index contributed by atoms with van der Waals surface area (Å²) in [6.45, 7) is 2.07. The smallest absolute Gasteiger partial charge is 0.184 e. The van der Waals surface area contributed by atoms with Crippen LogP contribution in [-0.4, -0.2) is 20.4 Å². The molecule has 0 atom stereocenters. The number of aliphatic imine (C=N–C) groups is 1. The Balaban J connectivity index is 2.67. The number of aromatic hydroxyl groups is 1. The Labute approximate surface area is 147 Å². The minimum atomic E-state index is -0.288. The number of phenols is 1. The molecule has 9 heteroatoms. The van der Waals surface area contributed by atoms with E-state index in [2.05, 4.69) is 9.98 Å². The molecule has 0 radical (unpaired) electrons. The van der Waals surface area contributed by atoms with Crippen LogP contribution in [0.2, 0.25) is 10.0 Å². The number of nitriles is 3. The molecule has 0 aliphatic heterocycles. The molecule has 0 aliphatic carbocycles. The third kappa shape index (κ3) is 3.02. The van der Waals surface area contributed by atoms with Crippen molar-refractivity contribution in [1.82, 2.24) is 9.55 Å². The lowest BCUT2D eigenvalue weighted by Crippen LogP contribution is -2.10. The van der Waals surface area contributed by atoms with Crippen molar-refractivity contribution in [3.63, 3.8) is 0 Å². The van der Waals surface area contributed by atoms with Gasteiger partial charge in [-0.3, -0.25) is 0 Å². The Morgan fingerprint density at radius 2 is 1.88 bits per heavy atom. The van der Waals surface area contributed by atoms with Crippen LogP contribution in [-0.2, 0) is 6.54 Å². The predicted molar refractivity (Wildman–Crippen MR) is 87.3 cm³/mol. The summed E-state index contributed by atoms with van der Waals surface area (Å²) in [4.78, 5) is 8.13. The van der Waals surface area contributed by atoms with Gasteiger partial charge in [-0.15, -0.1) is 0 Å². The number of rotatable bonds is 3. The van der Waals surface area contributed by atoms with Crippen molar-refractivity contribution in [1.29, 1.82) is 15.8 Å². The van der Waals surface area contributed by atoms with Crippen LogP contribution in [0.1, 0.15) is 24.1 Å². The quantitative estimate of drug-likeness (QED) is 0.843. The van der Waals surface area contributed by atoms with Gasteiger partial charge in [-0.25, -0.2) is 9.98 Å². The van der Waals surface area contributed by atoms with Crippen LogP contribution < -0.4 is 0 Å². The molecular formula is C15H8Cl2N6O. The van der Waals surface area contributed by atoms with E-state index in [0.29, 0.717) is 6.54 Å². The Hall–Kier alpha value is -3.05. The number of hydrogen-bond donors (Lipinski definition) is 1. The molecule has 1 aromatic heterocycles. The fraction of sp³-hybridized carbons (Fsp3) is 0.133. The first-order chi connectivity index (χ1) is 11.5. The topological polar surface area (TPSA) is 122 Å². The summed E-state index contributed by atoms with van der Waals surface area (Å²) in [5, 5.41) is 37.1. The van der Waals surface area contributed by atoms with E-state index in [4.69, 9.17) is 28.5 Å². The van der Waals surface area contributed by atoms with Crippen molar-refractivity contribution in [3.05, 3.63) is 39.4 Å². The molecule has 2 rings (SSSR count). The molecule has 1 aromatic carbocycles. The summed E-state index contributed by atoms with van der Waals surface area (Å²) < 4.78 is 1.42. The molecule has 1 N–H and O–H groups in total. The Morgan fingerprint density at radius 1 is 1.25 bits per heavy atom. The molecule has 118 valence electrons. The van der Waals surface area contributed by atoms with E-state index in [9.17, 15) is 15.6 Å². The first-order valence-electron chi connectivity index (χ1n) is 6.54. The molecule has 0 bridgehead atoms. The van der Waals surface area contributed by atoms with E-state index in [1.807, 2.05) is 18.2 Å². The maximum Gasteiger partial charge on any atom is 0.184 e. The predicted octanol–water partition coefficient (Wildman–Crippen LogP) is 3.30. The number of aromatic nitrogens is 2. The van der Waals surface area contributed by atoms with Gasteiger partial charge in [0.05, 0.1) is 15.7 Å². The second-order valence-corrected chi connectivity index (χ2v) is 5.25. The number of imidazole rings is 1. The van der Waals surface area contributed by atoms with Crippen LogP contribution in [0.5, 0.6) is 5.75 Å².